The van der Waals surface area contributed by atoms with Crippen molar-refractivity contribution in [1.29, 1.82) is 0 Å². The molecule has 2 rings (SSSR count). The SMILES string of the molecule is Cn1ccc2c(C=O)c(Cl)ncc21. The minimum atomic E-state index is 0.258. The molecule has 0 amide bonds. The highest BCUT2D eigenvalue weighted by molar-refractivity contribution is 6.33. The lowest BCUT2D eigenvalue weighted by molar-refractivity contribution is 0.112. The Morgan fingerprint density at radius 1 is 1.62 bits per heavy atom. The summed E-state index contributed by atoms with van der Waals surface area (Å²) in [6, 6.07) is 1.85. The smallest absolute Gasteiger partial charge is 0.153 e. The first-order valence-electron chi connectivity index (χ1n) is 3.78. The van der Waals surface area contributed by atoms with Crippen LogP contribution >= 0.6 is 11.6 Å². The molecule has 0 spiro atoms. The number of aldehydes is 1. The Morgan fingerprint density at radius 2 is 2.38 bits per heavy atom. The number of aryl methyl sites for hydroxylation is 1. The molecule has 0 N–H and O–H groups in total. The lowest BCUT2D eigenvalue weighted by Crippen LogP contribution is -1.90. The fraction of sp³-hybridized carbons (Fsp3) is 0.111. The second kappa shape index (κ2) is 2.85. The van der Waals surface area contributed by atoms with E-state index in [0.29, 0.717) is 5.56 Å². The van der Waals surface area contributed by atoms with E-state index in [9.17, 15) is 4.79 Å². The number of carbonyl (C=O) groups excluding carboxylic acids is 1. The van der Waals surface area contributed by atoms with Crippen molar-refractivity contribution in [3.8, 4) is 0 Å². The molecule has 0 bridgehead atoms. The highest BCUT2D eigenvalue weighted by Crippen LogP contribution is 2.22. The van der Waals surface area contributed by atoms with Crippen molar-refractivity contribution in [2.24, 2.45) is 7.05 Å². The number of aromatic nitrogens is 2. The predicted octanol–water partition coefficient (Wildman–Crippen LogP) is 2.04. The third-order valence-corrected chi connectivity index (χ3v) is 2.35. The quantitative estimate of drug-likeness (QED) is 0.514. The van der Waals surface area contributed by atoms with E-state index >= 15 is 0 Å². The summed E-state index contributed by atoms with van der Waals surface area (Å²) in [6.45, 7) is 0. The third-order valence-electron chi connectivity index (χ3n) is 2.05. The van der Waals surface area contributed by atoms with Gasteiger partial charge in [-0.15, -0.1) is 0 Å². The number of pyridine rings is 1. The standard InChI is InChI=1S/C9H7ClN2O/c1-12-3-2-6-7(5-13)9(10)11-4-8(6)12/h2-5H,1H3. The lowest BCUT2D eigenvalue weighted by Gasteiger charge is -1.98. The summed E-state index contributed by atoms with van der Waals surface area (Å²) >= 11 is 5.76. The van der Waals surface area contributed by atoms with E-state index in [1.165, 1.54) is 0 Å². The Labute approximate surface area is 79.9 Å². The van der Waals surface area contributed by atoms with E-state index in [4.69, 9.17) is 11.6 Å². The van der Waals surface area contributed by atoms with E-state index in [0.717, 1.165) is 17.2 Å². The van der Waals surface area contributed by atoms with Crippen molar-refractivity contribution < 1.29 is 4.79 Å². The molecule has 0 saturated carbocycles. The van der Waals surface area contributed by atoms with Gasteiger partial charge in [0.05, 0.1) is 17.3 Å². The van der Waals surface area contributed by atoms with Gasteiger partial charge in [0.15, 0.2) is 6.29 Å². The van der Waals surface area contributed by atoms with Gasteiger partial charge >= 0.3 is 0 Å². The highest BCUT2D eigenvalue weighted by Gasteiger charge is 2.07. The molecule has 0 atom stereocenters. The van der Waals surface area contributed by atoms with Crippen molar-refractivity contribution in [2.45, 2.75) is 0 Å². The largest absolute Gasteiger partial charge is 0.349 e. The number of hydrogen-bond donors (Lipinski definition) is 0. The van der Waals surface area contributed by atoms with Crippen LogP contribution < -0.4 is 0 Å². The summed E-state index contributed by atoms with van der Waals surface area (Å²) in [7, 11) is 1.90. The van der Waals surface area contributed by atoms with Crippen LogP contribution in [-0.4, -0.2) is 15.8 Å². The zero-order valence-electron chi connectivity index (χ0n) is 6.99. The summed E-state index contributed by atoms with van der Waals surface area (Å²) in [5.41, 5.74) is 1.37. The van der Waals surface area contributed by atoms with E-state index in [2.05, 4.69) is 4.98 Å². The fourth-order valence-corrected chi connectivity index (χ4v) is 1.54. The molecule has 13 heavy (non-hydrogen) atoms. The van der Waals surface area contributed by atoms with Gasteiger partial charge in [0.1, 0.15) is 5.15 Å². The van der Waals surface area contributed by atoms with E-state index in [-0.39, 0.29) is 5.15 Å². The van der Waals surface area contributed by atoms with E-state index < -0.39 is 0 Å². The molecule has 0 unspecified atom stereocenters. The van der Waals surface area contributed by atoms with Gasteiger partial charge in [-0.05, 0) is 6.07 Å². The molecular weight excluding hydrogens is 188 g/mol. The molecule has 0 aliphatic heterocycles. The van der Waals surface area contributed by atoms with Crippen molar-refractivity contribution in [1.82, 2.24) is 9.55 Å². The molecule has 0 aliphatic rings. The molecule has 0 saturated heterocycles. The third kappa shape index (κ3) is 1.12. The van der Waals surface area contributed by atoms with Gasteiger partial charge in [0, 0.05) is 18.6 Å². The zero-order chi connectivity index (χ0) is 9.42. The van der Waals surface area contributed by atoms with Crippen LogP contribution in [0, 0.1) is 0 Å². The molecule has 0 fully saturated rings. The Bertz CT molecular complexity index is 476. The van der Waals surface area contributed by atoms with E-state index in [1.54, 1.807) is 6.20 Å². The molecule has 4 heteroatoms. The van der Waals surface area contributed by atoms with Gasteiger partial charge < -0.3 is 4.57 Å². The van der Waals surface area contributed by atoms with Crippen molar-refractivity contribution >= 4 is 28.8 Å². The maximum absolute atomic E-state index is 10.7. The first kappa shape index (κ1) is 8.26. The Kier molecular flexibility index (Phi) is 1.81. The number of rotatable bonds is 1. The number of halogens is 1. The van der Waals surface area contributed by atoms with Gasteiger partial charge in [-0.25, -0.2) is 4.98 Å². The minimum Gasteiger partial charge on any atom is -0.349 e. The van der Waals surface area contributed by atoms with Gasteiger partial charge in [0.25, 0.3) is 0 Å². The molecule has 2 heterocycles. The maximum atomic E-state index is 10.7. The topological polar surface area (TPSA) is 34.9 Å². The molecule has 66 valence electrons. The maximum Gasteiger partial charge on any atom is 0.153 e. The Balaban J connectivity index is 2.92. The molecule has 2 aromatic rings. The van der Waals surface area contributed by atoms with Gasteiger partial charge in [-0.1, -0.05) is 11.6 Å². The molecule has 0 radical (unpaired) electrons. The normalized spacial score (nSPS) is 10.6. The molecule has 0 aliphatic carbocycles. The summed E-state index contributed by atoms with van der Waals surface area (Å²) < 4.78 is 1.89. The van der Waals surface area contributed by atoms with Crippen LogP contribution in [0.5, 0.6) is 0 Å². The Hall–Kier alpha value is -1.35. The van der Waals surface area contributed by atoms with Crippen molar-refractivity contribution in [2.75, 3.05) is 0 Å². The first-order valence-corrected chi connectivity index (χ1v) is 4.16. The second-order valence-corrected chi connectivity index (χ2v) is 3.16. The summed E-state index contributed by atoms with van der Waals surface area (Å²) in [5.74, 6) is 0. The van der Waals surface area contributed by atoms with Gasteiger partial charge in [-0.2, -0.15) is 0 Å². The van der Waals surface area contributed by atoms with Crippen LogP contribution in [-0.2, 0) is 7.05 Å². The van der Waals surface area contributed by atoms with Crippen LogP contribution in [0.3, 0.4) is 0 Å². The number of fused-ring (bicyclic) bond motifs is 1. The molecule has 0 aromatic carbocycles. The lowest BCUT2D eigenvalue weighted by atomic mass is 10.2. The van der Waals surface area contributed by atoms with Crippen LogP contribution in [0.4, 0.5) is 0 Å². The minimum absolute atomic E-state index is 0.258. The predicted molar refractivity (Wildman–Crippen MR) is 51.1 cm³/mol. The first-order chi connectivity index (χ1) is 6.24. The summed E-state index contributed by atoms with van der Waals surface area (Å²) in [6.07, 6.45) is 4.26. The van der Waals surface area contributed by atoms with Crippen molar-refractivity contribution in [3.05, 3.63) is 29.2 Å². The second-order valence-electron chi connectivity index (χ2n) is 2.81. The van der Waals surface area contributed by atoms with Crippen LogP contribution in [0.25, 0.3) is 10.9 Å². The average molecular weight is 195 g/mol. The summed E-state index contributed by atoms with van der Waals surface area (Å²) in [4.78, 5) is 14.6. The average Bonchev–Trinajstić information content (AvgIpc) is 2.48. The highest BCUT2D eigenvalue weighted by atomic mass is 35.5. The number of hydrogen-bond acceptors (Lipinski definition) is 2. The Morgan fingerprint density at radius 3 is 3.08 bits per heavy atom. The number of carbonyl (C=O) groups is 1. The van der Waals surface area contributed by atoms with Crippen LogP contribution in [0.15, 0.2) is 18.5 Å². The fourth-order valence-electron chi connectivity index (χ4n) is 1.34. The van der Waals surface area contributed by atoms with Crippen LogP contribution in [0.2, 0.25) is 5.15 Å². The van der Waals surface area contributed by atoms with E-state index in [1.807, 2.05) is 23.9 Å². The van der Waals surface area contributed by atoms with Crippen LogP contribution in [0.1, 0.15) is 10.4 Å². The van der Waals surface area contributed by atoms with Gasteiger partial charge in [0.2, 0.25) is 0 Å². The van der Waals surface area contributed by atoms with Crippen molar-refractivity contribution in [3.63, 3.8) is 0 Å². The summed E-state index contributed by atoms with van der Waals surface area (Å²) in [5, 5.41) is 1.10. The van der Waals surface area contributed by atoms with Gasteiger partial charge in [-0.3, -0.25) is 4.79 Å². The number of nitrogens with zero attached hydrogens (tertiary/aromatic N) is 2. The molecule has 2 aromatic heterocycles. The zero-order valence-corrected chi connectivity index (χ0v) is 7.75. The molecular formula is C9H7ClN2O. The molecule has 3 nitrogen and oxygen atoms in total. The monoisotopic (exact) mass is 194 g/mol.